The Hall–Kier alpha value is -1.00. The molecule has 1 aromatic carbocycles. The summed E-state index contributed by atoms with van der Waals surface area (Å²) in [5, 5.41) is 6.31. The minimum Gasteiger partial charge on any atom is -0.325 e. The lowest BCUT2D eigenvalue weighted by Gasteiger charge is -2.18. The predicted octanol–water partition coefficient (Wildman–Crippen LogP) is 2.42. The van der Waals surface area contributed by atoms with Gasteiger partial charge in [-0.25, -0.2) is 0 Å². The topological polar surface area (TPSA) is 41.1 Å². The molecule has 1 heterocycles. The van der Waals surface area contributed by atoms with Crippen LogP contribution in [0.5, 0.6) is 0 Å². The highest BCUT2D eigenvalue weighted by molar-refractivity contribution is 7.99. The smallest absolute Gasteiger partial charge is 0.241 e. The van der Waals surface area contributed by atoms with Crippen LogP contribution in [0.2, 0.25) is 0 Å². The minimum absolute atomic E-state index is 0.0377. The Morgan fingerprint density at radius 1 is 1.39 bits per heavy atom. The predicted molar refractivity (Wildman–Crippen MR) is 78.1 cm³/mol. The molecule has 2 atom stereocenters. The Bertz CT molecular complexity index is 399. The zero-order valence-corrected chi connectivity index (χ0v) is 11.7. The number of thioether (sulfide) groups is 1. The van der Waals surface area contributed by atoms with Crippen molar-refractivity contribution < 1.29 is 4.79 Å². The molecule has 1 aliphatic rings. The van der Waals surface area contributed by atoms with Crippen molar-refractivity contribution in [3.8, 4) is 0 Å². The number of carbonyl (C=O) groups excluding carboxylic acids is 1. The third-order valence-electron chi connectivity index (χ3n) is 3.13. The summed E-state index contributed by atoms with van der Waals surface area (Å²) in [6, 6.07) is 8.21. The van der Waals surface area contributed by atoms with Gasteiger partial charge in [-0.15, -0.1) is 0 Å². The molecule has 0 aliphatic carbocycles. The third kappa shape index (κ3) is 3.75. The normalized spacial score (nSPS) is 20.7. The first-order valence-electron chi connectivity index (χ1n) is 6.36. The van der Waals surface area contributed by atoms with Crippen LogP contribution >= 0.6 is 11.8 Å². The van der Waals surface area contributed by atoms with Gasteiger partial charge in [-0.1, -0.05) is 17.7 Å². The molecule has 2 N–H and O–H groups in total. The maximum absolute atomic E-state index is 12.0. The third-order valence-corrected chi connectivity index (χ3v) is 4.29. The van der Waals surface area contributed by atoms with Crippen molar-refractivity contribution in [2.24, 2.45) is 0 Å². The Morgan fingerprint density at radius 3 is 2.72 bits per heavy atom. The number of hydrogen-bond acceptors (Lipinski definition) is 3. The standard InChI is InChI=1S/C14H20N2OS/c1-10-3-5-12(6-4-10)16-14(17)11(2)15-13-7-8-18-9-13/h3-6,11,13,15H,7-9H2,1-2H3,(H,16,17). The number of anilines is 1. The lowest BCUT2D eigenvalue weighted by Crippen LogP contribution is -2.43. The fraction of sp³-hybridized carbons (Fsp3) is 0.500. The molecule has 18 heavy (non-hydrogen) atoms. The zero-order valence-electron chi connectivity index (χ0n) is 10.9. The quantitative estimate of drug-likeness (QED) is 0.877. The van der Waals surface area contributed by atoms with Gasteiger partial charge in [-0.2, -0.15) is 11.8 Å². The van der Waals surface area contributed by atoms with Crippen molar-refractivity contribution in [2.75, 3.05) is 16.8 Å². The SMILES string of the molecule is Cc1ccc(NC(=O)C(C)NC2CCSC2)cc1. The Labute approximate surface area is 113 Å². The average Bonchev–Trinajstić information content (AvgIpc) is 2.85. The van der Waals surface area contributed by atoms with Crippen molar-refractivity contribution in [3.05, 3.63) is 29.8 Å². The van der Waals surface area contributed by atoms with Gasteiger partial charge in [0.15, 0.2) is 0 Å². The monoisotopic (exact) mass is 264 g/mol. The molecule has 2 unspecified atom stereocenters. The fourth-order valence-electron chi connectivity index (χ4n) is 1.98. The molecule has 1 fully saturated rings. The number of benzene rings is 1. The lowest BCUT2D eigenvalue weighted by atomic mass is 10.2. The number of amides is 1. The summed E-state index contributed by atoms with van der Waals surface area (Å²) < 4.78 is 0. The van der Waals surface area contributed by atoms with E-state index in [1.165, 1.54) is 11.3 Å². The molecule has 1 saturated heterocycles. The first kappa shape index (κ1) is 13.4. The van der Waals surface area contributed by atoms with Crippen LogP contribution in [0.1, 0.15) is 18.9 Å². The van der Waals surface area contributed by atoms with Gasteiger partial charge in [0.05, 0.1) is 6.04 Å². The second-order valence-electron chi connectivity index (χ2n) is 4.80. The maximum Gasteiger partial charge on any atom is 0.241 e. The van der Waals surface area contributed by atoms with E-state index < -0.39 is 0 Å². The second kappa shape index (κ2) is 6.25. The van der Waals surface area contributed by atoms with E-state index in [-0.39, 0.29) is 11.9 Å². The lowest BCUT2D eigenvalue weighted by molar-refractivity contribution is -0.117. The summed E-state index contributed by atoms with van der Waals surface area (Å²) in [5.41, 5.74) is 2.06. The van der Waals surface area contributed by atoms with Crippen LogP contribution in [0.15, 0.2) is 24.3 Å². The number of carbonyl (C=O) groups is 1. The van der Waals surface area contributed by atoms with E-state index in [1.54, 1.807) is 0 Å². The molecule has 0 saturated carbocycles. The molecule has 0 radical (unpaired) electrons. The van der Waals surface area contributed by atoms with Gasteiger partial charge in [0.1, 0.15) is 0 Å². The van der Waals surface area contributed by atoms with Gasteiger partial charge in [-0.3, -0.25) is 4.79 Å². The van der Waals surface area contributed by atoms with Gasteiger partial charge in [-0.05, 0) is 38.2 Å². The summed E-state index contributed by atoms with van der Waals surface area (Å²) in [7, 11) is 0. The van der Waals surface area contributed by atoms with Crippen molar-refractivity contribution >= 4 is 23.4 Å². The summed E-state index contributed by atoms with van der Waals surface area (Å²) in [5.74, 6) is 2.35. The molecule has 4 heteroatoms. The van der Waals surface area contributed by atoms with E-state index in [1.807, 2.05) is 49.9 Å². The summed E-state index contributed by atoms with van der Waals surface area (Å²) in [6.45, 7) is 3.96. The highest BCUT2D eigenvalue weighted by Gasteiger charge is 2.20. The summed E-state index contributed by atoms with van der Waals surface area (Å²) in [6.07, 6.45) is 1.16. The minimum atomic E-state index is -0.144. The number of hydrogen-bond donors (Lipinski definition) is 2. The van der Waals surface area contributed by atoms with Gasteiger partial charge >= 0.3 is 0 Å². The van der Waals surface area contributed by atoms with Crippen LogP contribution in [-0.4, -0.2) is 29.5 Å². The average molecular weight is 264 g/mol. The summed E-state index contributed by atoms with van der Waals surface area (Å²) >= 11 is 1.95. The first-order chi connectivity index (χ1) is 8.65. The molecule has 98 valence electrons. The van der Waals surface area contributed by atoms with Crippen molar-refractivity contribution in [1.29, 1.82) is 0 Å². The number of nitrogens with one attached hydrogen (secondary N) is 2. The second-order valence-corrected chi connectivity index (χ2v) is 5.95. The molecule has 0 spiro atoms. The molecule has 0 bridgehead atoms. The maximum atomic E-state index is 12.0. The fourth-order valence-corrected chi connectivity index (χ4v) is 3.15. The molecule has 2 rings (SSSR count). The first-order valence-corrected chi connectivity index (χ1v) is 7.52. The van der Waals surface area contributed by atoms with Crippen LogP contribution < -0.4 is 10.6 Å². The van der Waals surface area contributed by atoms with E-state index in [9.17, 15) is 4.79 Å². The Kier molecular flexibility index (Phi) is 4.66. The van der Waals surface area contributed by atoms with Crippen LogP contribution in [0.4, 0.5) is 5.69 Å². The van der Waals surface area contributed by atoms with E-state index in [0.717, 1.165) is 17.9 Å². The van der Waals surface area contributed by atoms with Gasteiger partial charge in [0.2, 0.25) is 5.91 Å². The van der Waals surface area contributed by atoms with Gasteiger partial charge in [0, 0.05) is 17.5 Å². The Morgan fingerprint density at radius 2 is 2.11 bits per heavy atom. The molecule has 1 aromatic rings. The summed E-state index contributed by atoms with van der Waals surface area (Å²) in [4.78, 5) is 12.0. The van der Waals surface area contributed by atoms with Gasteiger partial charge in [0.25, 0.3) is 0 Å². The van der Waals surface area contributed by atoms with Crippen molar-refractivity contribution in [1.82, 2.24) is 5.32 Å². The van der Waals surface area contributed by atoms with Crippen molar-refractivity contribution in [3.63, 3.8) is 0 Å². The van der Waals surface area contributed by atoms with Crippen LogP contribution in [0.3, 0.4) is 0 Å². The highest BCUT2D eigenvalue weighted by Crippen LogP contribution is 2.17. The molecule has 1 aliphatic heterocycles. The molecule has 3 nitrogen and oxygen atoms in total. The van der Waals surface area contributed by atoms with Crippen LogP contribution in [0.25, 0.3) is 0 Å². The molecular weight excluding hydrogens is 244 g/mol. The number of rotatable bonds is 4. The van der Waals surface area contributed by atoms with Crippen LogP contribution in [-0.2, 0) is 4.79 Å². The van der Waals surface area contributed by atoms with E-state index >= 15 is 0 Å². The number of aryl methyl sites for hydroxylation is 1. The highest BCUT2D eigenvalue weighted by atomic mass is 32.2. The van der Waals surface area contributed by atoms with E-state index in [4.69, 9.17) is 0 Å². The molecule has 1 amide bonds. The molecular formula is C14H20N2OS. The van der Waals surface area contributed by atoms with E-state index in [2.05, 4.69) is 10.6 Å². The van der Waals surface area contributed by atoms with Crippen molar-refractivity contribution in [2.45, 2.75) is 32.4 Å². The van der Waals surface area contributed by atoms with E-state index in [0.29, 0.717) is 6.04 Å². The largest absolute Gasteiger partial charge is 0.325 e. The Balaban J connectivity index is 1.84. The van der Waals surface area contributed by atoms with Gasteiger partial charge < -0.3 is 10.6 Å². The molecule has 0 aromatic heterocycles. The zero-order chi connectivity index (χ0) is 13.0. The van der Waals surface area contributed by atoms with Crippen LogP contribution in [0, 0.1) is 6.92 Å².